The van der Waals surface area contributed by atoms with E-state index < -0.39 is 0 Å². The van der Waals surface area contributed by atoms with E-state index in [-0.39, 0.29) is 24.0 Å². The van der Waals surface area contributed by atoms with Crippen molar-refractivity contribution in [1.29, 1.82) is 0 Å². The maximum atomic E-state index is 12.7. The molecule has 0 radical (unpaired) electrons. The van der Waals surface area contributed by atoms with E-state index in [1.807, 2.05) is 12.1 Å². The van der Waals surface area contributed by atoms with Crippen LogP contribution in [0, 0.1) is 5.82 Å². The summed E-state index contributed by atoms with van der Waals surface area (Å²) in [6.07, 6.45) is 0. The molecule has 0 saturated carbocycles. The summed E-state index contributed by atoms with van der Waals surface area (Å²) in [5.74, 6) is -0.190. The van der Waals surface area contributed by atoms with Gasteiger partial charge in [-0.1, -0.05) is 11.6 Å². The van der Waals surface area contributed by atoms with Gasteiger partial charge < -0.3 is 12.9 Å². The zero-order chi connectivity index (χ0) is 8.27. The molecule has 0 N–H and O–H groups in total. The molecule has 0 saturated heterocycles. The second-order valence-electron chi connectivity index (χ2n) is 2.19. The average molecular weight is 292 g/mol. The monoisotopic (exact) mass is 290 g/mol. The summed E-state index contributed by atoms with van der Waals surface area (Å²) >= 11 is 6.46. The summed E-state index contributed by atoms with van der Waals surface area (Å²) in [7, 11) is 0. The minimum Gasteiger partial charge on any atom is -0.306 e. The summed E-state index contributed by atoms with van der Waals surface area (Å²) in [6.45, 7) is 0. The van der Waals surface area contributed by atoms with Crippen LogP contribution < -0.4 is 0 Å². The van der Waals surface area contributed by atoms with Gasteiger partial charge in [0.15, 0.2) is 0 Å². The van der Waals surface area contributed by atoms with Crippen molar-refractivity contribution in [3.63, 3.8) is 0 Å². The molecular formula is C7H5Br2FMg. The lowest BCUT2D eigenvalue weighted by Gasteiger charge is -1.98. The first kappa shape index (κ1) is 9.96. The van der Waals surface area contributed by atoms with Crippen molar-refractivity contribution in [3.05, 3.63) is 34.1 Å². The van der Waals surface area contributed by atoms with Crippen LogP contribution >= 0.6 is 28.8 Å². The van der Waals surface area contributed by atoms with E-state index in [9.17, 15) is 4.39 Å². The second kappa shape index (κ2) is 4.79. The summed E-state index contributed by atoms with van der Waals surface area (Å²) in [5.41, 5.74) is 1.20. The van der Waals surface area contributed by atoms with Crippen molar-refractivity contribution in [2.75, 3.05) is 0 Å². The van der Waals surface area contributed by atoms with Gasteiger partial charge in [0.2, 0.25) is 0 Å². The molecule has 0 atom stereocenters. The summed E-state index contributed by atoms with van der Waals surface area (Å²) < 4.78 is 14.3. The van der Waals surface area contributed by atoms with Crippen LogP contribution in [0.15, 0.2) is 22.7 Å². The van der Waals surface area contributed by atoms with Crippen LogP contribution in [-0.4, -0.2) is 18.2 Å². The summed E-state index contributed by atoms with van der Waals surface area (Å²) in [4.78, 5) is 0. The van der Waals surface area contributed by atoms with Crippen LogP contribution in [0.1, 0.15) is 5.56 Å². The Bertz CT molecular complexity index is 252. The molecule has 56 valence electrons. The third-order valence-corrected chi connectivity index (χ3v) is 3.93. The molecule has 1 aromatic rings. The fraction of sp³-hybridized carbons (Fsp3) is 0.143. The molecular weight excluding hydrogens is 287 g/mol. The lowest BCUT2D eigenvalue weighted by molar-refractivity contribution is 0.620. The predicted molar refractivity (Wildman–Crippen MR) is 52.5 cm³/mol. The zero-order valence-electron chi connectivity index (χ0n) is 5.78. The summed E-state index contributed by atoms with van der Waals surface area (Å²) in [6, 6.07) is 5.16. The van der Waals surface area contributed by atoms with Crippen LogP contribution in [0.2, 0.25) is 0 Å². The van der Waals surface area contributed by atoms with Gasteiger partial charge in [0, 0.05) is 0 Å². The van der Waals surface area contributed by atoms with Gasteiger partial charge in [-0.15, -0.1) is 4.55 Å². The van der Waals surface area contributed by atoms with Gasteiger partial charge in [-0.25, -0.2) is 4.39 Å². The SMILES string of the molecule is Fc1ccc([CH2][Mg][Br])cc1Br. The number of hydrogen-bond donors (Lipinski definition) is 0. The van der Waals surface area contributed by atoms with Crippen molar-refractivity contribution in [3.8, 4) is 0 Å². The molecule has 0 aliphatic rings. The maximum absolute atomic E-state index is 12.7. The third-order valence-electron chi connectivity index (χ3n) is 1.37. The van der Waals surface area contributed by atoms with Crippen molar-refractivity contribution < 1.29 is 4.39 Å². The number of rotatable bonds is 2. The smallest absolute Gasteiger partial charge is 0.306 e. The van der Waals surface area contributed by atoms with Crippen LogP contribution in [0.3, 0.4) is 0 Å². The first-order valence-electron chi connectivity index (χ1n) is 3.24. The fourth-order valence-corrected chi connectivity index (χ4v) is 3.13. The van der Waals surface area contributed by atoms with Gasteiger partial charge >= 0.3 is 18.2 Å². The Labute approximate surface area is 89.3 Å². The molecule has 1 rings (SSSR count). The largest absolute Gasteiger partial charge is 0.473 e. The van der Waals surface area contributed by atoms with E-state index >= 15 is 0 Å². The van der Waals surface area contributed by atoms with Crippen LogP contribution in [0.25, 0.3) is 0 Å². The molecule has 0 aliphatic carbocycles. The first-order chi connectivity index (χ1) is 5.24. The van der Waals surface area contributed by atoms with Gasteiger partial charge in [-0.3, -0.25) is 0 Å². The number of hydrogen-bond acceptors (Lipinski definition) is 0. The molecule has 0 unspecified atom stereocenters. The lowest BCUT2D eigenvalue weighted by Crippen LogP contribution is -1.89. The average Bonchev–Trinajstić information content (AvgIpc) is 1.98. The molecule has 1 aromatic carbocycles. The molecule has 0 aliphatic heterocycles. The third kappa shape index (κ3) is 3.01. The lowest BCUT2D eigenvalue weighted by atomic mass is 10.2. The van der Waals surface area contributed by atoms with Crippen LogP contribution in [-0.2, 0) is 4.55 Å². The standard InChI is InChI=1S/C7H5BrF.BrH.Mg/c1-5-2-3-7(9)6(8)4-5;;/h2-4H,1H2;1H;/q;;+1/p-1. The minimum absolute atomic E-state index is 0.143. The molecule has 0 fully saturated rings. The van der Waals surface area contributed by atoms with Gasteiger partial charge in [0.05, 0.1) is 4.47 Å². The van der Waals surface area contributed by atoms with E-state index in [4.69, 9.17) is 0 Å². The Hall–Kier alpha value is 0.876. The quantitative estimate of drug-likeness (QED) is 0.735. The van der Waals surface area contributed by atoms with Crippen molar-refractivity contribution in [2.45, 2.75) is 4.55 Å². The molecule has 11 heavy (non-hydrogen) atoms. The number of benzene rings is 1. The summed E-state index contributed by atoms with van der Waals surface area (Å²) in [5, 5.41) is 0. The number of halogens is 3. The van der Waals surface area contributed by atoms with Gasteiger partial charge in [-0.05, 0) is 28.1 Å². The Balaban J connectivity index is 2.86. The van der Waals surface area contributed by atoms with E-state index in [2.05, 4.69) is 28.8 Å². The highest BCUT2D eigenvalue weighted by atomic mass is 79.9. The Morgan fingerprint density at radius 1 is 1.45 bits per heavy atom. The van der Waals surface area contributed by atoms with Gasteiger partial charge in [0.1, 0.15) is 5.82 Å². The van der Waals surface area contributed by atoms with E-state index in [0.29, 0.717) is 4.47 Å². The Morgan fingerprint density at radius 2 is 2.18 bits per heavy atom. The maximum Gasteiger partial charge on any atom is 0.473 e. The second-order valence-corrected chi connectivity index (χ2v) is 6.30. The fourth-order valence-electron chi connectivity index (χ4n) is 0.804. The van der Waals surface area contributed by atoms with Crippen molar-refractivity contribution in [2.24, 2.45) is 0 Å². The van der Waals surface area contributed by atoms with Crippen molar-refractivity contribution in [1.82, 2.24) is 0 Å². The topological polar surface area (TPSA) is 0 Å². The van der Waals surface area contributed by atoms with Crippen molar-refractivity contribution >= 4 is 47.0 Å². The van der Waals surface area contributed by atoms with Crippen LogP contribution in [0.4, 0.5) is 4.39 Å². The zero-order valence-corrected chi connectivity index (χ0v) is 10.4. The highest BCUT2D eigenvalue weighted by molar-refractivity contribution is 9.23. The molecule has 0 nitrogen and oxygen atoms in total. The molecule has 0 bridgehead atoms. The van der Waals surface area contributed by atoms with Crippen LogP contribution in [0.5, 0.6) is 0 Å². The van der Waals surface area contributed by atoms with E-state index in [1.165, 1.54) is 11.6 Å². The first-order valence-corrected chi connectivity index (χ1v) is 8.93. The van der Waals surface area contributed by atoms with E-state index in [1.54, 1.807) is 0 Å². The molecule has 0 spiro atoms. The minimum atomic E-state index is -0.190. The van der Waals surface area contributed by atoms with Gasteiger partial charge in [-0.2, -0.15) is 0 Å². The normalized spacial score (nSPS) is 9.36. The Kier molecular flexibility index (Phi) is 4.34. The Morgan fingerprint density at radius 3 is 2.73 bits per heavy atom. The highest BCUT2D eigenvalue weighted by Crippen LogP contribution is 2.16. The van der Waals surface area contributed by atoms with Gasteiger partial charge in [0.25, 0.3) is 0 Å². The van der Waals surface area contributed by atoms with E-state index in [0.717, 1.165) is 4.55 Å². The highest BCUT2D eigenvalue weighted by Gasteiger charge is 2.00. The predicted octanol–water partition coefficient (Wildman–Crippen LogP) is 3.10. The molecule has 0 heterocycles. The molecule has 0 aromatic heterocycles. The molecule has 4 heteroatoms. The molecule has 0 amide bonds.